The Labute approximate surface area is 115 Å². The number of amides is 1. The van der Waals surface area contributed by atoms with Crippen LogP contribution in [-0.2, 0) is 4.74 Å². The molecule has 0 aliphatic heterocycles. The van der Waals surface area contributed by atoms with E-state index in [1.54, 1.807) is 20.0 Å². The molecule has 1 rings (SSSR count). The number of nitrogens with zero attached hydrogens (tertiary/aromatic N) is 1. The molecule has 0 atom stereocenters. The number of rotatable bonds is 6. The van der Waals surface area contributed by atoms with Crippen LogP contribution in [0.25, 0.3) is 0 Å². The molecular formula is C13H17BrFNO2. The summed E-state index contributed by atoms with van der Waals surface area (Å²) in [6, 6.07) is 4.23. The minimum Gasteiger partial charge on any atom is -0.379 e. The Hall–Kier alpha value is -0.940. The van der Waals surface area contributed by atoms with Gasteiger partial charge in [-0.2, -0.15) is 0 Å². The van der Waals surface area contributed by atoms with Gasteiger partial charge >= 0.3 is 0 Å². The van der Waals surface area contributed by atoms with Crippen LogP contribution in [0.1, 0.15) is 15.9 Å². The van der Waals surface area contributed by atoms with Gasteiger partial charge in [-0.1, -0.05) is 22.0 Å². The van der Waals surface area contributed by atoms with E-state index >= 15 is 0 Å². The van der Waals surface area contributed by atoms with E-state index < -0.39 is 5.82 Å². The van der Waals surface area contributed by atoms with Crippen molar-refractivity contribution in [3.05, 3.63) is 35.1 Å². The van der Waals surface area contributed by atoms with Crippen molar-refractivity contribution in [3.8, 4) is 0 Å². The number of aryl methyl sites for hydroxylation is 1. The second-order valence-corrected chi connectivity index (χ2v) is 4.78. The normalized spacial score (nSPS) is 10.4. The van der Waals surface area contributed by atoms with Gasteiger partial charge in [-0.3, -0.25) is 4.79 Å². The fourth-order valence-corrected chi connectivity index (χ4v) is 1.72. The minimum atomic E-state index is -0.395. The summed E-state index contributed by atoms with van der Waals surface area (Å²) in [6.45, 7) is 3.37. The smallest absolute Gasteiger partial charge is 0.254 e. The van der Waals surface area contributed by atoms with Gasteiger partial charge in [-0.15, -0.1) is 0 Å². The molecule has 0 fully saturated rings. The number of alkyl halides is 1. The van der Waals surface area contributed by atoms with Gasteiger partial charge in [-0.25, -0.2) is 4.39 Å². The molecule has 0 unspecified atom stereocenters. The van der Waals surface area contributed by atoms with Gasteiger partial charge in [0.05, 0.1) is 13.2 Å². The van der Waals surface area contributed by atoms with Crippen LogP contribution in [0, 0.1) is 12.7 Å². The Morgan fingerprint density at radius 2 is 2.17 bits per heavy atom. The lowest BCUT2D eigenvalue weighted by Gasteiger charge is -2.18. The Bertz CT molecular complexity index is 412. The SMILES string of the molecule is Cc1ccc(F)cc1C(=O)N(C)CCOCCBr. The molecule has 1 aromatic rings. The monoisotopic (exact) mass is 317 g/mol. The first kappa shape index (κ1) is 15.1. The topological polar surface area (TPSA) is 29.5 Å². The molecule has 0 heterocycles. The van der Waals surface area contributed by atoms with E-state index in [0.717, 1.165) is 10.9 Å². The zero-order valence-corrected chi connectivity index (χ0v) is 12.2. The standard InChI is InChI=1S/C13H17BrFNO2/c1-10-3-4-11(15)9-12(10)13(17)16(2)6-8-18-7-5-14/h3-4,9H,5-8H2,1-2H3. The lowest BCUT2D eigenvalue weighted by Crippen LogP contribution is -2.30. The Balaban J connectivity index is 2.60. The van der Waals surface area contributed by atoms with Crippen molar-refractivity contribution in [2.24, 2.45) is 0 Å². The third kappa shape index (κ3) is 4.38. The summed E-state index contributed by atoms with van der Waals surface area (Å²) in [7, 11) is 1.68. The molecule has 0 spiro atoms. The third-order valence-corrected chi connectivity index (χ3v) is 2.89. The predicted molar refractivity (Wildman–Crippen MR) is 72.7 cm³/mol. The molecular weight excluding hydrogens is 301 g/mol. The maximum atomic E-state index is 13.1. The van der Waals surface area contributed by atoms with E-state index in [1.165, 1.54) is 17.0 Å². The Morgan fingerprint density at radius 3 is 2.83 bits per heavy atom. The quantitative estimate of drug-likeness (QED) is 0.596. The predicted octanol–water partition coefficient (Wildman–Crippen LogP) is 2.62. The van der Waals surface area contributed by atoms with E-state index in [2.05, 4.69) is 15.9 Å². The highest BCUT2D eigenvalue weighted by Crippen LogP contribution is 2.12. The highest BCUT2D eigenvalue weighted by atomic mass is 79.9. The number of carbonyl (C=O) groups is 1. The maximum Gasteiger partial charge on any atom is 0.254 e. The van der Waals surface area contributed by atoms with Crippen LogP contribution >= 0.6 is 15.9 Å². The van der Waals surface area contributed by atoms with Crippen molar-refractivity contribution in [3.63, 3.8) is 0 Å². The van der Waals surface area contributed by atoms with Crippen molar-refractivity contribution in [1.82, 2.24) is 4.90 Å². The molecule has 100 valence electrons. The highest BCUT2D eigenvalue weighted by Gasteiger charge is 2.14. The Kier molecular flexibility index (Phi) is 6.29. The van der Waals surface area contributed by atoms with Gasteiger partial charge in [0, 0.05) is 24.5 Å². The van der Waals surface area contributed by atoms with Gasteiger partial charge in [0.2, 0.25) is 0 Å². The molecule has 1 amide bonds. The molecule has 0 radical (unpaired) electrons. The minimum absolute atomic E-state index is 0.186. The second-order valence-electron chi connectivity index (χ2n) is 3.99. The second kappa shape index (κ2) is 7.48. The van der Waals surface area contributed by atoms with Crippen LogP contribution < -0.4 is 0 Å². The van der Waals surface area contributed by atoms with Crippen LogP contribution in [0.2, 0.25) is 0 Å². The van der Waals surface area contributed by atoms with Crippen molar-refractivity contribution < 1.29 is 13.9 Å². The van der Waals surface area contributed by atoms with Crippen LogP contribution in [0.4, 0.5) is 4.39 Å². The summed E-state index contributed by atoms with van der Waals surface area (Å²) < 4.78 is 18.4. The van der Waals surface area contributed by atoms with E-state index in [1.807, 2.05) is 0 Å². The fourth-order valence-electron chi connectivity index (χ4n) is 1.49. The van der Waals surface area contributed by atoms with Crippen molar-refractivity contribution >= 4 is 21.8 Å². The molecule has 0 saturated carbocycles. The van der Waals surface area contributed by atoms with Gasteiger partial charge in [-0.05, 0) is 24.6 Å². The molecule has 0 aliphatic carbocycles. The zero-order valence-electron chi connectivity index (χ0n) is 10.6. The van der Waals surface area contributed by atoms with Crippen molar-refractivity contribution in [2.75, 3.05) is 32.1 Å². The fraction of sp³-hybridized carbons (Fsp3) is 0.462. The van der Waals surface area contributed by atoms with Crippen LogP contribution in [0.15, 0.2) is 18.2 Å². The molecule has 0 aromatic heterocycles. The first-order chi connectivity index (χ1) is 8.56. The molecule has 1 aromatic carbocycles. The average Bonchev–Trinajstić information content (AvgIpc) is 2.36. The average molecular weight is 318 g/mol. The summed E-state index contributed by atoms with van der Waals surface area (Å²) in [4.78, 5) is 13.6. The lowest BCUT2D eigenvalue weighted by molar-refractivity contribution is 0.0712. The number of benzene rings is 1. The summed E-state index contributed by atoms with van der Waals surface area (Å²) >= 11 is 3.25. The van der Waals surface area contributed by atoms with E-state index in [-0.39, 0.29) is 5.91 Å². The van der Waals surface area contributed by atoms with Crippen molar-refractivity contribution in [1.29, 1.82) is 0 Å². The maximum absolute atomic E-state index is 13.1. The first-order valence-electron chi connectivity index (χ1n) is 5.71. The number of carbonyl (C=O) groups excluding carboxylic acids is 1. The highest BCUT2D eigenvalue weighted by molar-refractivity contribution is 9.09. The number of hydrogen-bond donors (Lipinski definition) is 0. The summed E-state index contributed by atoms with van der Waals surface area (Å²) in [5.41, 5.74) is 1.17. The lowest BCUT2D eigenvalue weighted by atomic mass is 10.1. The van der Waals surface area contributed by atoms with Gasteiger partial charge in [0.1, 0.15) is 5.82 Å². The van der Waals surface area contributed by atoms with E-state index in [0.29, 0.717) is 25.3 Å². The molecule has 5 heteroatoms. The summed E-state index contributed by atoms with van der Waals surface area (Å²) in [6.07, 6.45) is 0. The van der Waals surface area contributed by atoms with Crippen molar-refractivity contribution in [2.45, 2.75) is 6.92 Å². The Morgan fingerprint density at radius 1 is 1.44 bits per heavy atom. The molecule has 0 N–H and O–H groups in total. The summed E-state index contributed by atoms with van der Waals surface area (Å²) in [5, 5.41) is 0.771. The summed E-state index contributed by atoms with van der Waals surface area (Å²) in [5.74, 6) is -0.581. The van der Waals surface area contributed by atoms with Gasteiger partial charge in [0.15, 0.2) is 0 Å². The number of hydrogen-bond acceptors (Lipinski definition) is 2. The van der Waals surface area contributed by atoms with Gasteiger partial charge < -0.3 is 9.64 Å². The van der Waals surface area contributed by atoms with E-state index in [4.69, 9.17) is 4.74 Å². The van der Waals surface area contributed by atoms with Gasteiger partial charge in [0.25, 0.3) is 5.91 Å². The molecule has 0 saturated heterocycles. The molecule has 0 aliphatic rings. The third-order valence-electron chi connectivity index (χ3n) is 2.57. The van der Waals surface area contributed by atoms with Crippen LogP contribution in [0.5, 0.6) is 0 Å². The number of likely N-dealkylation sites (N-methyl/N-ethyl adjacent to an activating group) is 1. The zero-order chi connectivity index (χ0) is 13.5. The largest absolute Gasteiger partial charge is 0.379 e. The van der Waals surface area contributed by atoms with E-state index in [9.17, 15) is 9.18 Å². The molecule has 0 bridgehead atoms. The van der Waals surface area contributed by atoms with Crippen LogP contribution in [-0.4, -0.2) is 42.9 Å². The molecule has 18 heavy (non-hydrogen) atoms. The first-order valence-corrected chi connectivity index (χ1v) is 6.83. The molecule has 3 nitrogen and oxygen atoms in total. The number of halogens is 2. The number of ether oxygens (including phenoxy) is 1. The van der Waals surface area contributed by atoms with Crippen LogP contribution in [0.3, 0.4) is 0 Å².